The third kappa shape index (κ3) is 5.04. The van der Waals surface area contributed by atoms with Crippen LogP contribution in [0.25, 0.3) is 0 Å². The molecule has 0 unspecified atom stereocenters. The number of likely N-dealkylation sites (N-methyl/N-ethyl adjacent to an activating group) is 1. The summed E-state index contributed by atoms with van der Waals surface area (Å²) < 4.78 is 0.844. The predicted molar refractivity (Wildman–Crippen MR) is 102 cm³/mol. The van der Waals surface area contributed by atoms with E-state index in [4.69, 9.17) is 11.6 Å². The third-order valence-corrected chi connectivity index (χ3v) is 5.17. The molecule has 6 nitrogen and oxygen atoms in total. The smallest absolute Gasteiger partial charge is 0.264 e. The topological polar surface area (TPSA) is 78.5 Å². The number of rotatable bonds is 5. The van der Waals surface area contributed by atoms with Crippen LogP contribution in [-0.2, 0) is 4.79 Å². The Morgan fingerprint density at radius 2 is 1.96 bits per heavy atom. The summed E-state index contributed by atoms with van der Waals surface area (Å²) in [5, 5.41) is 5.42. The van der Waals surface area contributed by atoms with Crippen molar-refractivity contribution in [1.82, 2.24) is 10.2 Å². The van der Waals surface area contributed by atoms with Crippen LogP contribution in [0.3, 0.4) is 0 Å². The maximum Gasteiger partial charge on any atom is 0.264 e. The molecule has 0 saturated carbocycles. The van der Waals surface area contributed by atoms with Gasteiger partial charge in [-0.2, -0.15) is 0 Å². The van der Waals surface area contributed by atoms with E-state index in [9.17, 15) is 14.4 Å². The van der Waals surface area contributed by atoms with E-state index in [1.165, 1.54) is 35.4 Å². The monoisotopic (exact) mass is 443 g/mol. The molecule has 0 spiro atoms. The molecule has 9 heteroatoms. The molecule has 0 saturated heterocycles. The van der Waals surface area contributed by atoms with Crippen LogP contribution in [0.1, 0.15) is 20.0 Å². The summed E-state index contributed by atoms with van der Waals surface area (Å²) in [6.07, 6.45) is 0. The van der Waals surface area contributed by atoms with Gasteiger partial charge in [0.05, 0.1) is 25.8 Å². The van der Waals surface area contributed by atoms with Gasteiger partial charge in [-0.15, -0.1) is 11.3 Å². The lowest BCUT2D eigenvalue weighted by Gasteiger charge is -2.16. The number of nitrogens with one attached hydrogen (secondary N) is 2. The Hall–Kier alpha value is -1.90. The average molecular weight is 445 g/mol. The van der Waals surface area contributed by atoms with Crippen LogP contribution in [-0.4, -0.2) is 43.3 Å². The lowest BCUT2D eigenvalue weighted by atomic mass is 10.2. The Labute approximate surface area is 162 Å². The normalized spacial score (nSPS) is 10.2. The Kier molecular flexibility index (Phi) is 6.57. The highest BCUT2D eigenvalue weighted by Crippen LogP contribution is 2.23. The van der Waals surface area contributed by atoms with Gasteiger partial charge in [0, 0.05) is 19.8 Å². The molecule has 0 fully saturated rings. The summed E-state index contributed by atoms with van der Waals surface area (Å²) in [4.78, 5) is 38.0. The van der Waals surface area contributed by atoms with Gasteiger partial charge >= 0.3 is 0 Å². The van der Waals surface area contributed by atoms with Crippen molar-refractivity contribution in [2.75, 3.05) is 26.0 Å². The highest BCUT2D eigenvalue weighted by molar-refractivity contribution is 9.11. The van der Waals surface area contributed by atoms with Crippen LogP contribution in [0.4, 0.5) is 5.69 Å². The van der Waals surface area contributed by atoms with Crippen LogP contribution in [0.15, 0.2) is 34.1 Å². The molecule has 1 heterocycles. The number of hydrogen-bond donors (Lipinski definition) is 2. The van der Waals surface area contributed by atoms with Crippen molar-refractivity contribution in [3.05, 3.63) is 49.6 Å². The van der Waals surface area contributed by atoms with Crippen molar-refractivity contribution < 1.29 is 14.4 Å². The summed E-state index contributed by atoms with van der Waals surface area (Å²) >= 11 is 10.6. The zero-order chi connectivity index (χ0) is 18.6. The van der Waals surface area contributed by atoms with Gasteiger partial charge in [-0.25, -0.2) is 0 Å². The molecule has 0 aliphatic carbocycles. The fourth-order valence-electron chi connectivity index (χ4n) is 2.02. The standard InChI is InChI=1S/C16H15BrClN3O3S/c1-19-15(23)10-7-9(3-4-11(10)18)20-14(22)8-21(2)16(24)12-5-6-13(17)25-12/h3-7H,8H2,1-2H3,(H,19,23)(H,20,22). The van der Waals surface area contributed by atoms with Gasteiger partial charge in [-0.05, 0) is 46.3 Å². The number of nitrogens with zero attached hydrogens (tertiary/aromatic N) is 1. The van der Waals surface area contributed by atoms with Crippen LogP contribution in [0, 0.1) is 0 Å². The van der Waals surface area contributed by atoms with E-state index in [1.54, 1.807) is 25.2 Å². The molecule has 0 aliphatic rings. The highest BCUT2D eigenvalue weighted by atomic mass is 79.9. The van der Waals surface area contributed by atoms with E-state index in [2.05, 4.69) is 26.6 Å². The van der Waals surface area contributed by atoms with E-state index in [1.807, 2.05) is 0 Å². The molecular weight excluding hydrogens is 430 g/mol. The fourth-order valence-corrected chi connectivity index (χ4v) is 3.60. The first-order valence-corrected chi connectivity index (χ1v) is 9.13. The molecule has 0 aliphatic heterocycles. The molecule has 1 aromatic heterocycles. The lowest BCUT2D eigenvalue weighted by molar-refractivity contribution is -0.116. The second-order valence-corrected chi connectivity index (χ2v) is 7.96. The number of thiophene rings is 1. The molecule has 0 bridgehead atoms. The van der Waals surface area contributed by atoms with Crippen LogP contribution in [0.2, 0.25) is 5.02 Å². The van der Waals surface area contributed by atoms with Gasteiger partial charge in [-0.1, -0.05) is 11.6 Å². The number of carbonyl (C=O) groups is 3. The Bertz CT molecular complexity index is 825. The molecule has 1 aromatic carbocycles. The van der Waals surface area contributed by atoms with Crippen LogP contribution < -0.4 is 10.6 Å². The van der Waals surface area contributed by atoms with E-state index in [0.717, 1.165) is 3.79 Å². The minimum atomic E-state index is -0.378. The number of carbonyl (C=O) groups excluding carboxylic acids is 3. The third-order valence-electron chi connectivity index (χ3n) is 3.23. The fraction of sp³-hybridized carbons (Fsp3) is 0.188. The molecule has 25 heavy (non-hydrogen) atoms. The number of hydrogen-bond acceptors (Lipinski definition) is 4. The molecular formula is C16H15BrClN3O3S. The van der Waals surface area contributed by atoms with E-state index in [0.29, 0.717) is 10.6 Å². The first kappa shape index (κ1) is 19.4. The largest absolute Gasteiger partial charge is 0.355 e. The minimum Gasteiger partial charge on any atom is -0.355 e. The SMILES string of the molecule is CNC(=O)c1cc(NC(=O)CN(C)C(=O)c2ccc(Br)s2)ccc1Cl. The van der Waals surface area contributed by atoms with E-state index in [-0.39, 0.29) is 34.9 Å². The Morgan fingerprint density at radius 3 is 2.56 bits per heavy atom. The first-order chi connectivity index (χ1) is 11.8. The summed E-state index contributed by atoms with van der Waals surface area (Å²) in [5.41, 5.74) is 0.683. The molecule has 0 atom stereocenters. The summed E-state index contributed by atoms with van der Waals surface area (Å²) in [6.45, 7) is -0.119. The average Bonchev–Trinajstić information content (AvgIpc) is 3.01. The van der Waals surface area contributed by atoms with Crippen molar-refractivity contribution in [2.24, 2.45) is 0 Å². The van der Waals surface area contributed by atoms with Crippen molar-refractivity contribution in [3.8, 4) is 0 Å². The van der Waals surface area contributed by atoms with Gasteiger partial charge in [0.15, 0.2) is 0 Å². The van der Waals surface area contributed by atoms with Gasteiger partial charge in [0.1, 0.15) is 0 Å². The minimum absolute atomic E-state index is 0.119. The molecule has 0 radical (unpaired) electrons. The zero-order valence-corrected chi connectivity index (χ0v) is 16.6. The van der Waals surface area contributed by atoms with E-state index >= 15 is 0 Å². The quantitative estimate of drug-likeness (QED) is 0.743. The second kappa shape index (κ2) is 8.46. The van der Waals surface area contributed by atoms with Gasteiger partial charge in [0.2, 0.25) is 5.91 Å². The van der Waals surface area contributed by atoms with E-state index < -0.39 is 0 Å². The summed E-state index contributed by atoms with van der Waals surface area (Å²) in [5.74, 6) is -0.971. The molecule has 2 rings (SSSR count). The van der Waals surface area contributed by atoms with Crippen molar-refractivity contribution in [1.29, 1.82) is 0 Å². The first-order valence-electron chi connectivity index (χ1n) is 7.14. The van der Waals surface area contributed by atoms with Gasteiger partial charge < -0.3 is 15.5 Å². The number of amides is 3. The van der Waals surface area contributed by atoms with Gasteiger partial charge in [-0.3, -0.25) is 14.4 Å². The molecule has 3 amide bonds. The van der Waals surface area contributed by atoms with Crippen LogP contribution >= 0.6 is 38.9 Å². The lowest BCUT2D eigenvalue weighted by Crippen LogP contribution is -2.34. The zero-order valence-electron chi connectivity index (χ0n) is 13.4. The second-order valence-electron chi connectivity index (χ2n) is 5.09. The number of halogens is 2. The van der Waals surface area contributed by atoms with Crippen molar-refractivity contribution in [2.45, 2.75) is 0 Å². The molecule has 132 valence electrons. The van der Waals surface area contributed by atoms with Crippen molar-refractivity contribution in [3.63, 3.8) is 0 Å². The summed E-state index contributed by atoms with van der Waals surface area (Å²) in [7, 11) is 3.04. The number of benzene rings is 1. The summed E-state index contributed by atoms with van der Waals surface area (Å²) in [6, 6.07) is 8.07. The predicted octanol–water partition coefficient (Wildman–Crippen LogP) is 3.23. The maximum atomic E-state index is 12.2. The highest BCUT2D eigenvalue weighted by Gasteiger charge is 2.17. The van der Waals surface area contributed by atoms with Crippen molar-refractivity contribution >= 4 is 62.3 Å². The maximum absolute atomic E-state index is 12.2. The van der Waals surface area contributed by atoms with Crippen LogP contribution in [0.5, 0.6) is 0 Å². The Balaban J connectivity index is 2.02. The van der Waals surface area contributed by atoms with Gasteiger partial charge in [0.25, 0.3) is 11.8 Å². The molecule has 2 aromatic rings. The Morgan fingerprint density at radius 1 is 1.24 bits per heavy atom. The molecule has 2 N–H and O–H groups in total. The number of anilines is 1.